The van der Waals surface area contributed by atoms with Gasteiger partial charge in [0.2, 0.25) is 6.54 Å². The van der Waals surface area contributed by atoms with E-state index in [9.17, 15) is 0 Å². The first-order valence-electron chi connectivity index (χ1n) is 12.7. The summed E-state index contributed by atoms with van der Waals surface area (Å²) in [6.07, 6.45) is 9.00. The minimum Gasteiger partial charge on any atom is -0.494 e. The standard InChI is InChI=1S/C26H35N7O2/c1-27-14-19-6-4-12-33(16-19)25-21-9-13-32(23-15-28-10-8-24(23)34-3)17-22(21)29-26(30-25)35-18-20-7-5-11-31(20)2/h8,10,15,19-20H,4-7,9,11-14,16-18H2,2-3H3/t19-,20-/m0/s1. The van der Waals surface area contributed by atoms with E-state index in [1.807, 2.05) is 12.3 Å². The maximum absolute atomic E-state index is 7.32. The van der Waals surface area contributed by atoms with Gasteiger partial charge in [-0.15, -0.1) is 0 Å². The quantitative estimate of drug-likeness (QED) is 0.564. The van der Waals surface area contributed by atoms with Crippen molar-refractivity contribution >= 4 is 11.5 Å². The molecule has 2 aromatic heterocycles. The largest absolute Gasteiger partial charge is 0.494 e. The number of pyridine rings is 1. The second-order valence-electron chi connectivity index (χ2n) is 9.86. The molecule has 3 aliphatic rings. The molecule has 2 fully saturated rings. The zero-order valence-corrected chi connectivity index (χ0v) is 20.8. The van der Waals surface area contributed by atoms with Crippen LogP contribution in [-0.4, -0.2) is 79.4 Å². The highest BCUT2D eigenvalue weighted by atomic mass is 16.5. The van der Waals surface area contributed by atoms with Gasteiger partial charge in [0.05, 0.1) is 31.2 Å². The van der Waals surface area contributed by atoms with Gasteiger partial charge < -0.3 is 29.0 Å². The van der Waals surface area contributed by atoms with Crippen molar-refractivity contribution in [3.05, 3.63) is 41.1 Å². The Kier molecular flexibility index (Phi) is 7.19. The molecule has 0 amide bonds. The number of piperidine rings is 1. The molecular formula is C26H35N7O2. The zero-order chi connectivity index (χ0) is 24.2. The summed E-state index contributed by atoms with van der Waals surface area (Å²) in [7, 11) is 3.85. The van der Waals surface area contributed by atoms with Gasteiger partial charge in [-0.1, -0.05) is 0 Å². The van der Waals surface area contributed by atoms with Crippen molar-refractivity contribution in [1.82, 2.24) is 19.9 Å². The SMILES string of the molecule is [C-]#[N+]C[C@@H]1CCCN(c2nc(OC[C@@H]3CCCN3C)nc3c2CCN(c2cnccc2OC)C3)C1. The second kappa shape index (κ2) is 10.6. The van der Waals surface area contributed by atoms with Gasteiger partial charge in [0.25, 0.3) is 0 Å². The highest BCUT2D eigenvalue weighted by molar-refractivity contribution is 5.60. The average Bonchev–Trinajstić information content (AvgIpc) is 3.31. The van der Waals surface area contributed by atoms with Crippen LogP contribution in [-0.2, 0) is 13.0 Å². The van der Waals surface area contributed by atoms with E-state index in [0.29, 0.717) is 37.7 Å². The van der Waals surface area contributed by atoms with E-state index < -0.39 is 0 Å². The van der Waals surface area contributed by atoms with E-state index in [-0.39, 0.29) is 0 Å². The van der Waals surface area contributed by atoms with Crippen LogP contribution in [0.4, 0.5) is 11.5 Å². The molecule has 0 saturated carbocycles. The number of aromatic nitrogens is 3. The van der Waals surface area contributed by atoms with Crippen molar-refractivity contribution in [1.29, 1.82) is 0 Å². The number of ether oxygens (including phenoxy) is 2. The van der Waals surface area contributed by atoms with Gasteiger partial charge in [-0.05, 0) is 45.7 Å². The number of anilines is 2. The lowest BCUT2D eigenvalue weighted by atomic mass is 9.97. The van der Waals surface area contributed by atoms with Gasteiger partial charge in [-0.2, -0.15) is 9.97 Å². The van der Waals surface area contributed by atoms with Crippen LogP contribution in [0.15, 0.2) is 18.5 Å². The molecule has 0 radical (unpaired) electrons. The predicted octanol–water partition coefficient (Wildman–Crippen LogP) is 3.05. The number of methoxy groups -OCH3 is 1. The van der Waals surface area contributed by atoms with E-state index >= 15 is 0 Å². The van der Waals surface area contributed by atoms with Gasteiger partial charge in [0, 0.05) is 49.4 Å². The third-order valence-electron chi connectivity index (χ3n) is 7.59. The third-order valence-corrected chi connectivity index (χ3v) is 7.59. The van der Waals surface area contributed by atoms with Crippen molar-refractivity contribution in [3.63, 3.8) is 0 Å². The molecule has 5 heterocycles. The average molecular weight is 478 g/mol. The number of hydrogen-bond donors (Lipinski definition) is 0. The topological polar surface area (TPSA) is 71.2 Å². The van der Waals surface area contributed by atoms with Crippen molar-refractivity contribution in [3.8, 4) is 11.8 Å². The minimum atomic E-state index is 0.392. The van der Waals surface area contributed by atoms with Crippen LogP contribution in [0.5, 0.6) is 11.8 Å². The van der Waals surface area contributed by atoms with Gasteiger partial charge in [-0.25, -0.2) is 6.57 Å². The molecule has 9 nitrogen and oxygen atoms in total. The predicted molar refractivity (Wildman–Crippen MR) is 135 cm³/mol. The molecule has 0 bridgehead atoms. The molecule has 0 aromatic carbocycles. The van der Waals surface area contributed by atoms with Crippen molar-refractivity contribution < 1.29 is 9.47 Å². The van der Waals surface area contributed by atoms with Crippen molar-refractivity contribution in [2.45, 2.75) is 44.7 Å². The fraction of sp³-hybridized carbons (Fsp3) is 0.615. The van der Waals surface area contributed by atoms with Crippen LogP contribution in [0.2, 0.25) is 0 Å². The summed E-state index contributed by atoms with van der Waals surface area (Å²) < 4.78 is 11.8. The molecule has 2 atom stereocenters. The van der Waals surface area contributed by atoms with Crippen LogP contribution in [0.25, 0.3) is 4.85 Å². The van der Waals surface area contributed by atoms with Crippen LogP contribution in [0.3, 0.4) is 0 Å². The molecule has 186 valence electrons. The van der Waals surface area contributed by atoms with Gasteiger partial charge in [0.1, 0.15) is 18.2 Å². The third kappa shape index (κ3) is 5.13. The fourth-order valence-electron chi connectivity index (χ4n) is 5.60. The summed E-state index contributed by atoms with van der Waals surface area (Å²) in [4.78, 5) is 24.9. The molecule has 0 spiro atoms. The Bertz CT molecular complexity index is 1070. The summed E-state index contributed by atoms with van der Waals surface area (Å²) in [5.74, 6) is 2.21. The number of fused-ring (bicyclic) bond motifs is 1. The molecule has 2 saturated heterocycles. The monoisotopic (exact) mass is 477 g/mol. The fourth-order valence-corrected chi connectivity index (χ4v) is 5.60. The molecule has 0 N–H and O–H groups in total. The molecule has 0 aliphatic carbocycles. The van der Waals surface area contributed by atoms with E-state index in [2.05, 4.69) is 31.6 Å². The molecule has 3 aliphatic heterocycles. The summed E-state index contributed by atoms with van der Waals surface area (Å²) in [5, 5.41) is 0. The first-order valence-corrected chi connectivity index (χ1v) is 12.7. The van der Waals surface area contributed by atoms with Crippen LogP contribution in [0, 0.1) is 12.5 Å². The Hall–Kier alpha value is -3.12. The number of rotatable bonds is 7. The normalized spacial score (nSPS) is 22.5. The number of nitrogens with zero attached hydrogens (tertiary/aromatic N) is 7. The second-order valence-corrected chi connectivity index (χ2v) is 9.86. The van der Waals surface area contributed by atoms with Crippen LogP contribution < -0.4 is 19.3 Å². The number of likely N-dealkylation sites (tertiary alicyclic amines) is 1. The van der Waals surface area contributed by atoms with Crippen LogP contribution in [0.1, 0.15) is 36.9 Å². The Morgan fingerprint density at radius 3 is 2.83 bits per heavy atom. The molecule has 2 aromatic rings. The zero-order valence-electron chi connectivity index (χ0n) is 20.8. The summed E-state index contributed by atoms with van der Waals surface area (Å²) in [6.45, 7) is 13.0. The Morgan fingerprint density at radius 2 is 2.03 bits per heavy atom. The Balaban J connectivity index is 1.44. The maximum atomic E-state index is 7.32. The summed E-state index contributed by atoms with van der Waals surface area (Å²) in [5.41, 5.74) is 3.19. The van der Waals surface area contributed by atoms with E-state index in [1.54, 1.807) is 13.3 Å². The lowest BCUT2D eigenvalue weighted by molar-refractivity contribution is 0.187. The first kappa shape index (κ1) is 23.6. The molecule has 0 unspecified atom stereocenters. The maximum Gasteiger partial charge on any atom is 0.318 e. The van der Waals surface area contributed by atoms with Gasteiger partial charge in [-0.3, -0.25) is 4.98 Å². The number of hydrogen-bond acceptors (Lipinski definition) is 8. The van der Waals surface area contributed by atoms with E-state index in [0.717, 1.165) is 74.8 Å². The molecule has 5 rings (SSSR count). The van der Waals surface area contributed by atoms with Crippen molar-refractivity contribution in [2.24, 2.45) is 5.92 Å². The molecule has 9 heteroatoms. The van der Waals surface area contributed by atoms with E-state index in [1.165, 1.54) is 12.0 Å². The lowest BCUT2D eigenvalue weighted by Gasteiger charge is -2.36. The minimum absolute atomic E-state index is 0.392. The lowest BCUT2D eigenvalue weighted by Crippen LogP contribution is -2.39. The van der Waals surface area contributed by atoms with Crippen LogP contribution >= 0.6 is 0 Å². The number of likely N-dealkylation sites (N-methyl/N-ethyl adjacent to an activating group) is 1. The molecular weight excluding hydrogens is 442 g/mol. The van der Waals surface area contributed by atoms with Gasteiger partial charge in [0.15, 0.2) is 0 Å². The molecule has 35 heavy (non-hydrogen) atoms. The van der Waals surface area contributed by atoms with Crippen molar-refractivity contribution in [2.75, 3.05) is 63.3 Å². The smallest absolute Gasteiger partial charge is 0.318 e. The highest BCUT2D eigenvalue weighted by Gasteiger charge is 2.30. The highest BCUT2D eigenvalue weighted by Crippen LogP contribution is 2.35. The Morgan fingerprint density at radius 1 is 1.14 bits per heavy atom. The summed E-state index contributed by atoms with van der Waals surface area (Å²) >= 11 is 0. The summed E-state index contributed by atoms with van der Waals surface area (Å²) in [6, 6.07) is 2.77. The van der Waals surface area contributed by atoms with E-state index in [4.69, 9.17) is 26.0 Å². The first-order chi connectivity index (χ1) is 17.2. The Labute approximate surface area is 207 Å². The van der Waals surface area contributed by atoms with Gasteiger partial charge >= 0.3 is 6.01 Å².